The van der Waals surface area contributed by atoms with Crippen molar-refractivity contribution in [2.45, 2.75) is 11.3 Å². The fraction of sp³-hybridized carbons (Fsp3) is 0.100. The number of amides is 2. The summed E-state index contributed by atoms with van der Waals surface area (Å²) in [6, 6.07) is 20.7. The van der Waals surface area contributed by atoms with Crippen molar-refractivity contribution < 1.29 is 18.0 Å². The van der Waals surface area contributed by atoms with Gasteiger partial charge >= 0.3 is 0 Å². The number of hydrogen-bond acceptors (Lipinski definition) is 4. The van der Waals surface area contributed by atoms with E-state index in [1.807, 2.05) is 24.3 Å². The zero-order chi connectivity index (χ0) is 20.0. The van der Waals surface area contributed by atoms with Crippen molar-refractivity contribution in [2.75, 3.05) is 6.54 Å². The van der Waals surface area contributed by atoms with Crippen LogP contribution in [0.2, 0.25) is 0 Å². The Hall–Kier alpha value is -3.23. The first kappa shape index (κ1) is 19.5. The van der Waals surface area contributed by atoms with E-state index in [9.17, 15) is 18.0 Å². The van der Waals surface area contributed by atoms with Crippen molar-refractivity contribution in [1.82, 2.24) is 15.6 Å². The second-order valence-electron chi connectivity index (χ2n) is 6.03. The maximum Gasteiger partial charge on any atom is 0.269 e. The summed E-state index contributed by atoms with van der Waals surface area (Å²) in [6.07, 6.45) is -0.123. The number of fused-ring (bicyclic) bond motifs is 1. The van der Waals surface area contributed by atoms with E-state index < -0.39 is 21.8 Å². The minimum Gasteiger partial charge on any atom is -0.273 e. The lowest BCUT2D eigenvalue weighted by atomic mass is 10.1. The van der Waals surface area contributed by atoms with Crippen LogP contribution in [0, 0.1) is 0 Å². The van der Waals surface area contributed by atoms with Gasteiger partial charge in [0, 0.05) is 18.5 Å². The van der Waals surface area contributed by atoms with Crippen molar-refractivity contribution >= 4 is 32.6 Å². The summed E-state index contributed by atoms with van der Waals surface area (Å²) < 4.78 is 27.2. The third kappa shape index (κ3) is 4.93. The normalized spacial score (nSPS) is 11.1. The number of nitrogens with one attached hydrogen (secondary N) is 3. The van der Waals surface area contributed by atoms with Crippen molar-refractivity contribution in [2.24, 2.45) is 0 Å². The van der Waals surface area contributed by atoms with Crippen LogP contribution >= 0.6 is 0 Å². The lowest BCUT2D eigenvalue weighted by Gasteiger charge is -2.09. The van der Waals surface area contributed by atoms with Crippen LogP contribution in [0.3, 0.4) is 0 Å². The molecule has 0 saturated carbocycles. The largest absolute Gasteiger partial charge is 0.273 e. The van der Waals surface area contributed by atoms with Crippen LogP contribution in [0.25, 0.3) is 10.8 Å². The Morgan fingerprint density at radius 2 is 1.46 bits per heavy atom. The highest BCUT2D eigenvalue weighted by Gasteiger charge is 2.15. The van der Waals surface area contributed by atoms with Crippen molar-refractivity contribution in [3.63, 3.8) is 0 Å². The highest BCUT2D eigenvalue weighted by Crippen LogP contribution is 2.18. The Labute approximate surface area is 162 Å². The van der Waals surface area contributed by atoms with Crippen LogP contribution in [0.1, 0.15) is 16.8 Å². The number of rotatable bonds is 6. The summed E-state index contributed by atoms with van der Waals surface area (Å²) in [5.41, 5.74) is 4.94. The molecule has 0 radical (unpaired) electrons. The number of hydrogen-bond donors (Lipinski definition) is 3. The molecule has 0 aromatic heterocycles. The minimum atomic E-state index is -3.74. The van der Waals surface area contributed by atoms with E-state index in [1.54, 1.807) is 42.5 Å². The Morgan fingerprint density at radius 1 is 0.786 bits per heavy atom. The summed E-state index contributed by atoms with van der Waals surface area (Å²) in [5.74, 6) is -0.962. The summed E-state index contributed by atoms with van der Waals surface area (Å²) in [7, 11) is -3.74. The number of hydrazine groups is 1. The molecule has 3 N–H and O–H groups in total. The molecule has 2 amide bonds. The first-order chi connectivity index (χ1) is 13.5. The van der Waals surface area contributed by atoms with Gasteiger partial charge < -0.3 is 0 Å². The molecule has 0 aliphatic heterocycles. The van der Waals surface area contributed by atoms with E-state index in [2.05, 4.69) is 15.6 Å². The molecule has 0 spiro atoms. The molecular formula is C20H19N3O4S. The van der Waals surface area contributed by atoms with E-state index in [0.29, 0.717) is 5.56 Å². The molecule has 0 aliphatic rings. The van der Waals surface area contributed by atoms with Crippen molar-refractivity contribution in [3.05, 3.63) is 78.4 Å². The Balaban J connectivity index is 1.50. The van der Waals surface area contributed by atoms with Crippen LogP contribution in [0.15, 0.2) is 77.7 Å². The zero-order valence-corrected chi connectivity index (χ0v) is 15.7. The van der Waals surface area contributed by atoms with Crippen LogP contribution in [0.5, 0.6) is 0 Å². The highest BCUT2D eigenvalue weighted by molar-refractivity contribution is 7.89. The molecule has 0 saturated heterocycles. The molecule has 0 unspecified atom stereocenters. The average molecular weight is 397 g/mol. The molecule has 7 nitrogen and oxygen atoms in total. The minimum absolute atomic E-state index is 0.0950. The van der Waals surface area contributed by atoms with Crippen molar-refractivity contribution in [1.29, 1.82) is 0 Å². The Bertz CT molecular complexity index is 1100. The van der Waals surface area contributed by atoms with Crippen molar-refractivity contribution in [3.8, 4) is 0 Å². The SMILES string of the molecule is O=C(CCNS(=O)(=O)c1ccc2ccccc2c1)NNC(=O)c1ccccc1. The fourth-order valence-electron chi connectivity index (χ4n) is 2.57. The van der Waals surface area contributed by atoms with Gasteiger partial charge in [0.15, 0.2) is 0 Å². The van der Waals surface area contributed by atoms with E-state index >= 15 is 0 Å². The summed E-state index contributed by atoms with van der Waals surface area (Å²) in [4.78, 5) is 23.8. The maximum absolute atomic E-state index is 12.4. The van der Waals surface area contributed by atoms with Crippen LogP contribution in [-0.2, 0) is 14.8 Å². The molecule has 8 heteroatoms. The maximum atomic E-state index is 12.4. The second-order valence-corrected chi connectivity index (χ2v) is 7.79. The van der Waals surface area contributed by atoms with E-state index in [-0.39, 0.29) is 17.9 Å². The molecule has 0 fully saturated rings. The van der Waals surface area contributed by atoms with E-state index in [0.717, 1.165) is 10.8 Å². The molecule has 28 heavy (non-hydrogen) atoms. The topological polar surface area (TPSA) is 104 Å². The summed E-state index contributed by atoms with van der Waals surface area (Å²) >= 11 is 0. The van der Waals surface area contributed by atoms with Gasteiger partial charge in [-0.25, -0.2) is 13.1 Å². The quantitative estimate of drug-likeness (QED) is 0.553. The molecule has 0 bridgehead atoms. The number of carbonyl (C=O) groups excluding carboxylic acids is 2. The number of sulfonamides is 1. The fourth-order valence-corrected chi connectivity index (χ4v) is 3.63. The van der Waals surface area contributed by atoms with E-state index in [4.69, 9.17) is 0 Å². The predicted octanol–water partition coefficient (Wildman–Crippen LogP) is 1.97. The van der Waals surface area contributed by atoms with Gasteiger partial charge in [0.05, 0.1) is 4.90 Å². The summed E-state index contributed by atoms with van der Waals surface area (Å²) in [5, 5.41) is 1.75. The molecule has 3 rings (SSSR count). The first-order valence-electron chi connectivity index (χ1n) is 8.58. The van der Waals surface area contributed by atoms with Gasteiger partial charge in [0.1, 0.15) is 0 Å². The highest BCUT2D eigenvalue weighted by atomic mass is 32.2. The molecule has 0 aliphatic carbocycles. The summed E-state index contributed by atoms with van der Waals surface area (Å²) in [6.45, 7) is -0.0950. The number of benzene rings is 3. The zero-order valence-electron chi connectivity index (χ0n) is 14.9. The van der Waals surface area contributed by atoms with Gasteiger partial charge in [0.25, 0.3) is 5.91 Å². The first-order valence-corrected chi connectivity index (χ1v) is 10.1. The van der Waals surface area contributed by atoms with Crippen LogP contribution < -0.4 is 15.6 Å². The van der Waals surface area contributed by atoms with Gasteiger partial charge in [0.2, 0.25) is 15.9 Å². The van der Waals surface area contributed by atoms with Gasteiger partial charge in [-0.2, -0.15) is 0 Å². The van der Waals surface area contributed by atoms with Gasteiger partial charge in [-0.05, 0) is 35.0 Å². The average Bonchev–Trinajstić information content (AvgIpc) is 2.72. The lowest BCUT2D eigenvalue weighted by Crippen LogP contribution is -2.42. The van der Waals surface area contributed by atoms with E-state index in [1.165, 1.54) is 6.07 Å². The molecule has 0 heterocycles. The van der Waals surface area contributed by atoms with Gasteiger partial charge in [-0.1, -0.05) is 48.5 Å². The molecule has 144 valence electrons. The molecular weight excluding hydrogens is 378 g/mol. The van der Waals surface area contributed by atoms with Crippen LogP contribution in [-0.4, -0.2) is 26.8 Å². The lowest BCUT2D eigenvalue weighted by molar-refractivity contribution is -0.121. The third-order valence-electron chi connectivity index (χ3n) is 4.03. The second kappa shape index (κ2) is 8.64. The monoisotopic (exact) mass is 397 g/mol. The van der Waals surface area contributed by atoms with Gasteiger partial charge in [-0.15, -0.1) is 0 Å². The third-order valence-corrected chi connectivity index (χ3v) is 5.49. The van der Waals surface area contributed by atoms with Gasteiger partial charge in [-0.3, -0.25) is 20.4 Å². The smallest absolute Gasteiger partial charge is 0.269 e. The Kier molecular flexibility index (Phi) is 6.03. The predicted molar refractivity (Wildman–Crippen MR) is 106 cm³/mol. The molecule has 3 aromatic carbocycles. The van der Waals surface area contributed by atoms with Crippen LogP contribution in [0.4, 0.5) is 0 Å². The standard InChI is InChI=1S/C20H19N3O4S/c24-19(22-23-20(25)16-7-2-1-3-8-16)12-13-21-28(26,27)18-11-10-15-6-4-5-9-17(15)14-18/h1-11,14,21H,12-13H2,(H,22,24)(H,23,25). The molecule has 3 aromatic rings. The number of carbonyl (C=O) groups is 2. The molecule has 0 atom stereocenters. The Morgan fingerprint density at radius 3 is 2.21 bits per heavy atom.